The van der Waals surface area contributed by atoms with E-state index in [0.29, 0.717) is 6.42 Å². The molecule has 1 aromatic carbocycles. The minimum Gasteiger partial charge on any atom is -0.481 e. The van der Waals surface area contributed by atoms with Gasteiger partial charge in [-0.25, -0.2) is 0 Å². The Balaban J connectivity index is 2.97. The average molecular weight is 263 g/mol. The third-order valence-electron chi connectivity index (χ3n) is 3.68. The molecule has 1 aromatic rings. The van der Waals surface area contributed by atoms with Gasteiger partial charge in [-0.3, -0.25) is 4.79 Å². The minimum absolute atomic E-state index is 0.122. The summed E-state index contributed by atoms with van der Waals surface area (Å²) in [5.74, 6) is -0.746. The fraction of sp³-hybridized carbons (Fsp3) is 0.562. The summed E-state index contributed by atoms with van der Waals surface area (Å²) in [6.07, 6.45) is 1.62. The second-order valence-electron chi connectivity index (χ2n) is 5.97. The van der Waals surface area contributed by atoms with Gasteiger partial charge in [0.2, 0.25) is 0 Å². The summed E-state index contributed by atoms with van der Waals surface area (Å²) >= 11 is 0. The van der Waals surface area contributed by atoms with Crippen molar-refractivity contribution < 1.29 is 9.90 Å². The fourth-order valence-corrected chi connectivity index (χ4v) is 2.14. The van der Waals surface area contributed by atoms with Gasteiger partial charge in [-0.1, -0.05) is 31.2 Å². The number of nitrogens with zero attached hydrogens (tertiary/aromatic N) is 1. The number of aliphatic carboxylic acids is 1. The van der Waals surface area contributed by atoms with Gasteiger partial charge < -0.3 is 10.0 Å². The Morgan fingerprint density at radius 3 is 2.16 bits per heavy atom. The zero-order valence-electron chi connectivity index (χ0n) is 12.6. The Kier molecular flexibility index (Phi) is 5.12. The van der Waals surface area contributed by atoms with Crippen LogP contribution in [0.4, 0.5) is 0 Å². The van der Waals surface area contributed by atoms with Gasteiger partial charge in [-0.05, 0) is 51.9 Å². The standard InChI is InChI=1S/C16H25NO2/c1-6-12-7-9-13(10-8-12)14(17(4)5)11-16(2,3)15(18)19/h7-10,14H,6,11H2,1-5H3,(H,18,19). The normalized spacial score (nSPS) is 13.6. The summed E-state index contributed by atoms with van der Waals surface area (Å²) in [7, 11) is 3.99. The number of rotatable bonds is 6. The largest absolute Gasteiger partial charge is 0.481 e. The summed E-state index contributed by atoms with van der Waals surface area (Å²) in [5.41, 5.74) is 1.76. The lowest BCUT2D eigenvalue weighted by molar-refractivity contribution is -0.148. The maximum atomic E-state index is 11.3. The van der Waals surface area contributed by atoms with Gasteiger partial charge in [0.15, 0.2) is 0 Å². The lowest BCUT2D eigenvalue weighted by Crippen LogP contribution is -2.31. The Morgan fingerprint density at radius 2 is 1.79 bits per heavy atom. The molecule has 0 heterocycles. The van der Waals surface area contributed by atoms with Crippen LogP contribution in [0.2, 0.25) is 0 Å². The summed E-state index contributed by atoms with van der Waals surface area (Å²) in [6, 6.07) is 8.60. The molecule has 0 fully saturated rings. The maximum absolute atomic E-state index is 11.3. The van der Waals surface area contributed by atoms with Crippen molar-refractivity contribution in [1.29, 1.82) is 0 Å². The molecule has 106 valence electrons. The van der Waals surface area contributed by atoms with Crippen molar-refractivity contribution in [3.63, 3.8) is 0 Å². The number of aryl methyl sites for hydroxylation is 1. The smallest absolute Gasteiger partial charge is 0.309 e. The van der Waals surface area contributed by atoms with Crippen LogP contribution in [0.5, 0.6) is 0 Å². The molecule has 0 saturated heterocycles. The second kappa shape index (κ2) is 6.20. The van der Waals surface area contributed by atoms with Crippen LogP contribution in [0.25, 0.3) is 0 Å². The average Bonchev–Trinajstić information content (AvgIpc) is 2.35. The molecule has 0 amide bonds. The van der Waals surface area contributed by atoms with Crippen molar-refractivity contribution in [2.24, 2.45) is 5.41 Å². The van der Waals surface area contributed by atoms with Crippen LogP contribution in [0.3, 0.4) is 0 Å². The van der Waals surface area contributed by atoms with Gasteiger partial charge in [-0.2, -0.15) is 0 Å². The van der Waals surface area contributed by atoms with Gasteiger partial charge in [0.05, 0.1) is 5.41 Å². The predicted octanol–water partition coefficient (Wildman–Crippen LogP) is 3.35. The highest BCUT2D eigenvalue weighted by atomic mass is 16.4. The molecule has 3 nitrogen and oxygen atoms in total. The van der Waals surface area contributed by atoms with E-state index in [-0.39, 0.29) is 6.04 Å². The van der Waals surface area contributed by atoms with E-state index in [2.05, 4.69) is 36.1 Å². The van der Waals surface area contributed by atoms with E-state index in [1.54, 1.807) is 13.8 Å². The van der Waals surface area contributed by atoms with E-state index in [1.807, 2.05) is 14.1 Å². The van der Waals surface area contributed by atoms with Gasteiger partial charge in [0.25, 0.3) is 0 Å². The van der Waals surface area contributed by atoms with Gasteiger partial charge in [0, 0.05) is 6.04 Å². The van der Waals surface area contributed by atoms with Crippen molar-refractivity contribution in [2.45, 2.75) is 39.7 Å². The van der Waals surface area contributed by atoms with Crippen LogP contribution in [0.15, 0.2) is 24.3 Å². The maximum Gasteiger partial charge on any atom is 0.309 e. The molecule has 0 aliphatic heterocycles. The lowest BCUT2D eigenvalue weighted by Gasteiger charge is -2.31. The molecule has 0 aliphatic carbocycles. The van der Waals surface area contributed by atoms with E-state index in [1.165, 1.54) is 11.1 Å². The van der Waals surface area contributed by atoms with Crippen molar-refractivity contribution >= 4 is 5.97 Å². The third-order valence-corrected chi connectivity index (χ3v) is 3.68. The van der Waals surface area contributed by atoms with Crippen molar-refractivity contribution in [1.82, 2.24) is 4.90 Å². The highest BCUT2D eigenvalue weighted by molar-refractivity contribution is 5.73. The molecule has 0 spiro atoms. The van der Waals surface area contributed by atoms with E-state index in [4.69, 9.17) is 0 Å². The Bertz CT molecular complexity index is 421. The molecule has 1 unspecified atom stereocenters. The molecular weight excluding hydrogens is 238 g/mol. The highest BCUT2D eigenvalue weighted by Crippen LogP contribution is 2.33. The Morgan fingerprint density at radius 1 is 1.26 bits per heavy atom. The van der Waals surface area contributed by atoms with Crippen LogP contribution in [-0.2, 0) is 11.2 Å². The first kappa shape index (κ1) is 15.7. The molecule has 19 heavy (non-hydrogen) atoms. The first-order valence-corrected chi connectivity index (χ1v) is 6.76. The second-order valence-corrected chi connectivity index (χ2v) is 5.97. The number of hydrogen-bond acceptors (Lipinski definition) is 2. The van der Waals surface area contributed by atoms with E-state index in [9.17, 15) is 9.90 Å². The van der Waals surface area contributed by atoms with E-state index in [0.717, 1.165) is 6.42 Å². The first-order chi connectivity index (χ1) is 8.77. The molecule has 1 N–H and O–H groups in total. The molecule has 0 aliphatic rings. The van der Waals surface area contributed by atoms with Gasteiger partial charge in [-0.15, -0.1) is 0 Å². The number of carboxylic acids is 1. The van der Waals surface area contributed by atoms with E-state index < -0.39 is 11.4 Å². The Hall–Kier alpha value is -1.35. The minimum atomic E-state index is -0.746. The molecule has 1 rings (SSSR count). The topological polar surface area (TPSA) is 40.5 Å². The number of carbonyl (C=O) groups is 1. The van der Waals surface area contributed by atoms with Crippen molar-refractivity contribution in [2.75, 3.05) is 14.1 Å². The molecule has 3 heteroatoms. The predicted molar refractivity (Wildman–Crippen MR) is 78.3 cm³/mol. The van der Waals surface area contributed by atoms with Crippen molar-refractivity contribution in [3.8, 4) is 0 Å². The quantitative estimate of drug-likeness (QED) is 0.855. The van der Waals surface area contributed by atoms with Crippen LogP contribution >= 0.6 is 0 Å². The molecule has 0 radical (unpaired) electrons. The van der Waals surface area contributed by atoms with Crippen LogP contribution in [0.1, 0.15) is 44.4 Å². The number of benzene rings is 1. The molecular formula is C16H25NO2. The zero-order chi connectivity index (χ0) is 14.6. The fourth-order valence-electron chi connectivity index (χ4n) is 2.14. The summed E-state index contributed by atoms with van der Waals surface area (Å²) < 4.78 is 0. The lowest BCUT2D eigenvalue weighted by atomic mass is 9.83. The van der Waals surface area contributed by atoms with Crippen LogP contribution in [-0.4, -0.2) is 30.1 Å². The zero-order valence-corrected chi connectivity index (χ0v) is 12.6. The Labute approximate surface area is 116 Å². The molecule has 0 aromatic heterocycles. The molecule has 1 atom stereocenters. The van der Waals surface area contributed by atoms with Crippen LogP contribution in [0, 0.1) is 5.41 Å². The SMILES string of the molecule is CCc1ccc(C(CC(C)(C)C(=O)O)N(C)C)cc1. The van der Waals surface area contributed by atoms with E-state index >= 15 is 0 Å². The first-order valence-electron chi connectivity index (χ1n) is 6.76. The third kappa shape index (κ3) is 4.06. The van der Waals surface area contributed by atoms with Crippen molar-refractivity contribution in [3.05, 3.63) is 35.4 Å². The van der Waals surface area contributed by atoms with Crippen LogP contribution < -0.4 is 0 Å². The van der Waals surface area contributed by atoms with Gasteiger partial charge in [0.1, 0.15) is 0 Å². The monoisotopic (exact) mass is 263 g/mol. The number of hydrogen-bond donors (Lipinski definition) is 1. The van der Waals surface area contributed by atoms with Gasteiger partial charge >= 0.3 is 5.97 Å². The number of carboxylic acid groups (broad SMARTS) is 1. The highest BCUT2D eigenvalue weighted by Gasteiger charge is 2.32. The summed E-state index contributed by atoms with van der Waals surface area (Å²) in [6.45, 7) is 5.70. The summed E-state index contributed by atoms with van der Waals surface area (Å²) in [5, 5.41) is 9.28. The molecule has 0 saturated carbocycles. The summed E-state index contributed by atoms with van der Waals surface area (Å²) in [4.78, 5) is 13.4. The molecule has 0 bridgehead atoms.